The third-order valence-electron chi connectivity index (χ3n) is 4.40. The van der Waals surface area contributed by atoms with Gasteiger partial charge >= 0.3 is 0 Å². The van der Waals surface area contributed by atoms with Gasteiger partial charge in [0.15, 0.2) is 5.96 Å². The number of hydrogen-bond donors (Lipinski definition) is 1. The molecule has 5 nitrogen and oxygen atoms in total. The van der Waals surface area contributed by atoms with Crippen molar-refractivity contribution in [3.8, 4) is 0 Å². The van der Waals surface area contributed by atoms with Crippen LogP contribution >= 0.6 is 11.8 Å². The van der Waals surface area contributed by atoms with Gasteiger partial charge < -0.3 is 15.0 Å². The van der Waals surface area contributed by atoms with Gasteiger partial charge in [-0.3, -0.25) is 9.89 Å². The van der Waals surface area contributed by atoms with Crippen molar-refractivity contribution in [1.29, 1.82) is 0 Å². The van der Waals surface area contributed by atoms with Gasteiger partial charge in [0.1, 0.15) is 0 Å². The number of aliphatic imine (C=N–C) groups is 1. The molecule has 2 heterocycles. The third kappa shape index (κ3) is 5.32. The lowest BCUT2D eigenvalue weighted by Crippen LogP contribution is -2.49. The Kier molecular flexibility index (Phi) is 7.83. The van der Waals surface area contributed by atoms with Crippen LogP contribution in [-0.2, 0) is 4.74 Å². The van der Waals surface area contributed by atoms with Crippen LogP contribution in [0.25, 0.3) is 0 Å². The smallest absolute Gasteiger partial charge is 0.194 e. The van der Waals surface area contributed by atoms with Crippen molar-refractivity contribution in [3.63, 3.8) is 0 Å². The molecule has 22 heavy (non-hydrogen) atoms. The van der Waals surface area contributed by atoms with E-state index in [2.05, 4.69) is 47.6 Å². The average molecular weight is 329 g/mol. The molecule has 2 atom stereocenters. The maximum Gasteiger partial charge on any atom is 0.194 e. The highest BCUT2D eigenvalue weighted by Crippen LogP contribution is 2.21. The molecule has 0 aromatic carbocycles. The molecule has 0 saturated carbocycles. The molecule has 2 saturated heterocycles. The monoisotopic (exact) mass is 328 g/mol. The third-order valence-corrected chi connectivity index (χ3v) is 5.77. The van der Waals surface area contributed by atoms with Crippen LogP contribution in [0.5, 0.6) is 0 Å². The van der Waals surface area contributed by atoms with Gasteiger partial charge in [0.2, 0.25) is 0 Å². The largest absolute Gasteiger partial charge is 0.379 e. The zero-order valence-corrected chi connectivity index (χ0v) is 15.2. The van der Waals surface area contributed by atoms with E-state index in [4.69, 9.17) is 9.73 Å². The average Bonchev–Trinajstić information content (AvgIpc) is 2.59. The summed E-state index contributed by atoms with van der Waals surface area (Å²) in [7, 11) is 0. The van der Waals surface area contributed by atoms with Gasteiger partial charge in [-0.05, 0) is 20.3 Å². The van der Waals surface area contributed by atoms with Crippen LogP contribution in [0.1, 0.15) is 27.2 Å². The van der Waals surface area contributed by atoms with E-state index in [0.29, 0.717) is 6.04 Å². The standard InChI is InChI=1S/C16H32N4OS/c1-4-15-13-20(8-11-22-15)16(17-5-2)18-12-14(3)19-6-9-21-10-7-19/h14-15H,4-13H2,1-3H3,(H,17,18). The number of nitrogens with one attached hydrogen (secondary N) is 1. The summed E-state index contributed by atoms with van der Waals surface area (Å²) in [6, 6.07) is 0.485. The highest BCUT2D eigenvalue weighted by molar-refractivity contribution is 8.00. The molecule has 128 valence electrons. The van der Waals surface area contributed by atoms with E-state index < -0.39 is 0 Å². The molecule has 0 aliphatic carbocycles. The van der Waals surface area contributed by atoms with Crippen molar-refractivity contribution in [1.82, 2.24) is 15.1 Å². The summed E-state index contributed by atoms with van der Waals surface area (Å²) in [4.78, 5) is 9.85. The van der Waals surface area contributed by atoms with Gasteiger partial charge in [0.25, 0.3) is 0 Å². The summed E-state index contributed by atoms with van der Waals surface area (Å²) in [5, 5.41) is 4.22. The molecule has 1 N–H and O–H groups in total. The maximum absolute atomic E-state index is 5.43. The number of hydrogen-bond acceptors (Lipinski definition) is 4. The fourth-order valence-electron chi connectivity index (χ4n) is 2.94. The summed E-state index contributed by atoms with van der Waals surface area (Å²) < 4.78 is 5.43. The van der Waals surface area contributed by atoms with E-state index in [-0.39, 0.29) is 0 Å². The topological polar surface area (TPSA) is 40.1 Å². The van der Waals surface area contributed by atoms with Gasteiger partial charge in [0.05, 0.1) is 19.8 Å². The Morgan fingerprint density at radius 2 is 2.09 bits per heavy atom. The fraction of sp³-hybridized carbons (Fsp3) is 0.938. The fourth-order valence-corrected chi connectivity index (χ4v) is 4.12. The number of thioether (sulfide) groups is 1. The number of ether oxygens (including phenoxy) is 1. The van der Waals surface area contributed by atoms with Crippen molar-refractivity contribution < 1.29 is 4.74 Å². The Hall–Kier alpha value is -0.460. The molecule has 0 radical (unpaired) electrons. The van der Waals surface area contributed by atoms with E-state index >= 15 is 0 Å². The van der Waals surface area contributed by atoms with Crippen molar-refractivity contribution in [2.75, 3.05) is 58.2 Å². The normalized spacial score (nSPS) is 26.0. The summed E-state index contributed by atoms with van der Waals surface area (Å²) in [5.41, 5.74) is 0. The molecule has 0 aromatic rings. The Morgan fingerprint density at radius 3 is 2.77 bits per heavy atom. The molecule has 2 fully saturated rings. The Labute approximate surface area is 139 Å². The van der Waals surface area contributed by atoms with Crippen LogP contribution < -0.4 is 5.32 Å². The van der Waals surface area contributed by atoms with E-state index in [0.717, 1.165) is 63.7 Å². The predicted molar refractivity (Wildman–Crippen MR) is 95.9 cm³/mol. The summed E-state index contributed by atoms with van der Waals surface area (Å²) in [6.07, 6.45) is 1.24. The highest BCUT2D eigenvalue weighted by Gasteiger charge is 2.22. The molecule has 0 amide bonds. The highest BCUT2D eigenvalue weighted by atomic mass is 32.2. The van der Waals surface area contributed by atoms with E-state index in [1.807, 2.05) is 0 Å². The quantitative estimate of drug-likeness (QED) is 0.612. The van der Waals surface area contributed by atoms with Crippen LogP contribution in [0.2, 0.25) is 0 Å². The molecule has 2 rings (SSSR count). The second kappa shape index (κ2) is 9.63. The second-order valence-electron chi connectivity index (χ2n) is 6.04. The van der Waals surface area contributed by atoms with Crippen LogP contribution in [-0.4, -0.2) is 85.3 Å². The minimum atomic E-state index is 0.485. The SMILES string of the molecule is CCNC(=NCC(C)N1CCOCC1)N1CCSC(CC)C1. The van der Waals surface area contributed by atoms with Gasteiger partial charge in [-0.2, -0.15) is 11.8 Å². The number of guanidine groups is 1. The van der Waals surface area contributed by atoms with Crippen LogP contribution in [0, 0.1) is 0 Å². The summed E-state index contributed by atoms with van der Waals surface area (Å²) >= 11 is 2.10. The summed E-state index contributed by atoms with van der Waals surface area (Å²) in [6.45, 7) is 14.5. The number of nitrogens with zero attached hydrogens (tertiary/aromatic N) is 3. The molecule has 6 heteroatoms. The Balaban J connectivity index is 1.90. The molecule has 2 unspecified atom stereocenters. The lowest BCUT2D eigenvalue weighted by molar-refractivity contribution is 0.0220. The molecule has 0 spiro atoms. The zero-order valence-electron chi connectivity index (χ0n) is 14.4. The first-order valence-electron chi connectivity index (χ1n) is 8.71. The summed E-state index contributed by atoms with van der Waals surface area (Å²) in [5.74, 6) is 2.31. The molecule has 0 aromatic heterocycles. The maximum atomic E-state index is 5.43. The van der Waals surface area contributed by atoms with Crippen LogP contribution in [0.15, 0.2) is 4.99 Å². The van der Waals surface area contributed by atoms with Crippen molar-refractivity contribution >= 4 is 17.7 Å². The van der Waals surface area contributed by atoms with Crippen LogP contribution in [0.4, 0.5) is 0 Å². The lowest BCUT2D eigenvalue weighted by Gasteiger charge is -2.35. The first-order valence-corrected chi connectivity index (χ1v) is 9.76. The lowest BCUT2D eigenvalue weighted by atomic mass is 10.2. The van der Waals surface area contributed by atoms with Crippen molar-refractivity contribution in [3.05, 3.63) is 0 Å². The number of rotatable bonds is 5. The van der Waals surface area contributed by atoms with Gasteiger partial charge in [0, 0.05) is 49.8 Å². The molecule has 2 aliphatic heterocycles. The van der Waals surface area contributed by atoms with Crippen LogP contribution in [0.3, 0.4) is 0 Å². The van der Waals surface area contributed by atoms with Gasteiger partial charge in [-0.15, -0.1) is 0 Å². The van der Waals surface area contributed by atoms with Gasteiger partial charge in [-0.1, -0.05) is 6.92 Å². The zero-order chi connectivity index (χ0) is 15.8. The van der Waals surface area contributed by atoms with E-state index in [1.165, 1.54) is 12.2 Å². The van der Waals surface area contributed by atoms with Crippen molar-refractivity contribution in [2.24, 2.45) is 4.99 Å². The Morgan fingerprint density at radius 1 is 1.32 bits per heavy atom. The second-order valence-corrected chi connectivity index (χ2v) is 7.45. The van der Waals surface area contributed by atoms with Crippen molar-refractivity contribution in [2.45, 2.75) is 38.5 Å². The molecular formula is C16H32N4OS. The van der Waals surface area contributed by atoms with E-state index in [9.17, 15) is 0 Å². The molecular weight excluding hydrogens is 296 g/mol. The predicted octanol–water partition coefficient (Wildman–Crippen LogP) is 1.50. The first kappa shape index (κ1) is 17.9. The molecule has 2 aliphatic rings. The Bertz CT molecular complexity index is 347. The molecule has 0 bridgehead atoms. The van der Waals surface area contributed by atoms with E-state index in [1.54, 1.807) is 0 Å². The number of morpholine rings is 1. The first-order chi connectivity index (χ1) is 10.7. The minimum Gasteiger partial charge on any atom is -0.379 e. The minimum absolute atomic E-state index is 0.485. The van der Waals surface area contributed by atoms with Gasteiger partial charge in [-0.25, -0.2) is 0 Å².